The molecule has 1 aromatic heterocycles. The Labute approximate surface area is 160 Å². The van der Waals surface area contributed by atoms with Crippen LogP contribution < -0.4 is 4.90 Å². The van der Waals surface area contributed by atoms with Crippen molar-refractivity contribution < 1.29 is 4.79 Å². The minimum absolute atomic E-state index is 0.230. The van der Waals surface area contributed by atoms with Crippen LogP contribution in [0.1, 0.15) is 12.0 Å². The summed E-state index contributed by atoms with van der Waals surface area (Å²) >= 11 is 5.92. The normalized spacial score (nSPS) is 14.7. The van der Waals surface area contributed by atoms with Crippen molar-refractivity contribution in [2.45, 2.75) is 13.0 Å². The molecule has 1 fully saturated rings. The fourth-order valence-corrected chi connectivity index (χ4v) is 3.28. The SMILES string of the molecule is CN(CCC(=O)N1CCN(c2ccccn2)CC1)Cc1ccc(Cl)cc1. The quantitative estimate of drug-likeness (QED) is 0.781. The van der Waals surface area contributed by atoms with Crippen molar-refractivity contribution in [2.75, 3.05) is 44.7 Å². The Kier molecular flexibility index (Phi) is 6.47. The van der Waals surface area contributed by atoms with Crippen molar-refractivity contribution in [3.05, 3.63) is 59.2 Å². The summed E-state index contributed by atoms with van der Waals surface area (Å²) in [5, 5.41) is 0.747. The van der Waals surface area contributed by atoms with E-state index >= 15 is 0 Å². The van der Waals surface area contributed by atoms with Gasteiger partial charge in [0.1, 0.15) is 5.82 Å². The minimum Gasteiger partial charge on any atom is -0.353 e. The Balaban J connectivity index is 1.40. The number of halogens is 1. The molecule has 0 spiro atoms. The van der Waals surface area contributed by atoms with Crippen LogP contribution in [0.3, 0.4) is 0 Å². The van der Waals surface area contributed by atoms with Gasteiger partial charge in [-0.1, -0.05) is 29.8 Å². The van der Waals surface area contributed by atoms with Crippen LogP contribution in [0.25, 0.3) is 0 Å². The summed E-state index contributed by atoms with van der Waals surface area (Å²) in [5.41, 5.74) is 1.20. The van der Waals surface area contributed by atoms with Crippen LogP contribution in [0.4, 0.5) is 5.82 Å². The monoisotopic (exact) mass is 372 g/mol. The van der Waals surface area contributed by atoms with Crippen LogP contribution in [0, 0.1) is 0 Å². The van der Waals surface area contributed by atoms with Crippen molar-refractivity contribution >= 4 is 23.3 Å². The molecule has 2 aromatic rings. The predicted octanol–water partition coefficient (Wildman–Crippen LogP) is 2.91. The van der Waals surface area contributed by atoms with E-state index in [0.717, 1.165) is 50.1 Å². The highest BCUT2D eigenvalue weighted by atomic mass is 35.5. The highest BCUT2D eigenvalue weighted by Crippen LogP contribution is 2.14. The summed E-state index contributed by atoms with van der Waals surface area (Å²) in [6, 6.07) is 13.8. The molecule has 3 rings (SSSR count). The van der Waals surface area contributed by atoms with E-state index in [0.29, 0.717) is 6.42 Å². The lowest BCUT2D eigenvalue weighted by molar-refractivity contribution is -0.131. The number of benzene rings is 1. The number of aromatic nitrogens is 1. The van der Waals surface area contributed by atoms with Gasteiger partial charge >= 0.3 is 0 Å². The molecule has 6 heteroatoms. The average Bonchev–Trinajstić information content (AvgIpc) is 2.69. The maximum absolute atomic E-state index is 12.5. The first-order valence-electron chi connectivity index (χ1n) is 8.98. The van der Waals surface area contributed by atoms with E-state index in [1.807, 2.05) is 60.6 Å². The molecule has 138 valence electrons. The molecule has 0 N–H and O–H groups in total. The highest BCUT2D eigenvalue weighted by Gasteiger charge is 2.21. The number of carbonyl (C=O) groups is 1. The molecular weight excluding hydrogens is 348 g/mol. The largest absolute Gasteiger partial charge is 0.353 e. The molecular formula is C20H25ClN4O. The topological polar surface area (TPSA) is 39.7 Å². The Bertz CT molecular complexity index is 700. The van der Waals surface area contributed by atoms with E-state index in [-0.39, 0.29) is 5.91 Å². The number of nitrogens with zero attached hydrogens (tertiary/aromatic N) is 4. The first-order valence-corrected chi connectivity index (χ1v) is 9.36. The van der Waals surface area contributed by atoms with Crippen molar-refractivity contribution in [3.8, 4) is 0 Å². The van der Waals surface area contributed by atoms with E-state index < -0.39 is 0 Å². The molecule has 0 radical (unpaired) electrons. The van der Waals surface area contributed by atoms with Gasteiger partial charge in [0.2, 0.25) is 5.91 Å². The number of carbonyl (C=O) groups excluding carboxylic acids is 1. The molecule has 0 atom stereocenters. The summed E-state index contributed by atoms with van der Waals surface area (Å²) in [6.45, 7) is 4.76. The van der Waals surface area contributed by atoms with E-state index in [1.54, 1.807) is 0 Å². The zero-order valence-corrected chi connectivity index (χ0v) is 15.9. The van der Waals surface area contributed by atoms with Crippen LogP contribution in [0.5, 0.6) is 0 Å². The van der Waals surface area contributed by atoms with Gasteiger partial charge in [0.15, 0.2) is 0 Å². The number of rotatable bonds is 6. The fraction of sp³-hybridized carbons (Fsp3) is 0.400. The van der Waals surface area contributed by atoms with Gasteiger partial charge in [0.05, 0.1) is 0 Å². The van der Waals surface area contributed by atoms with E-state index in [4.69, 9.17) is 11.6 Å². The second-order valence-electron chi connectivity index (χ2n) is 6.67. The summed E-state index contributed by atoms with van der Waals surface area (Å²) in [7, 11) is 2.04. The van der Waals surface area contributed by atoms with Crippen molar-refractivity contribution in [1.82, 2.24) is 14.8 Å². The first kappa shape index (κ1) is 18.7. The summed E-state index contributed by atoms with van der Waals surface area (Å²) < 4.78 is 0. The Hall–Kier alpha value is -2.11. The summed E-state index contributed by atoms with van der Waals surface area (Å²) in [6.07, 6.45) is 2.36. The van der Waals surface area contributed by atoms with Crippen molar-refractivity contribution in [3.63, 3.8) is 0 Å². The van der Waals surface area contributed by atoms with Gasteiger partial charge in [-0.3, -0.25) is 4.79 Å². The second kappa shape index (κ2) is 9.01. The predicted molar refractivity (Wildman–Crippen MR) is 105 cm³/mol. The Morgan fingerprint density at radius 1 is 1.12 bits per heavy atom. The minimum atomic E-state index is 0.230. The average molecular weight is 373 g/mol. The van der Waals surface area contributed by atoms with Gasteiger partial charge in [-0.2, -0.15) is 0 Å². The molecule has 0 bridgehead atoms. The molecule has 1 aromatic carbocycles. The lowest BCUT2D eigenvalue weighted by Gasteiger charge is -2.35. The molecule has 1 aliphatic rings. The smallest absolute Gasteiger partial charge is 0.223 e. The molecule has 1 saturated heterocycles. The number of amides is 1. The van der Waals surface area contributed by atoms with E-state index in [2.05, 4.69) is 14.8 Å². The number of hydrogen-bond donors (Lipinski definition) is 0. The maximum Gasteiger partial charge on any atom is 0.223 e. The van der Waals surface area contributed by atoms with Crippen molar-refractivity contribution in [2.24, 2.45) is 0 Å². The third-order valence-electron chi connectivity index (χ3n) is 4.68. The van der Waals surface area contributed by atoms with E-state index in [9.17, 15) is 4.79 Å². The van der Waals surface area contributed by atoms with Crippen LogP contribution in [0.2, 0.25) is 5.02 Å². The molecule has 26 heavy (non-hydrogen) atoms. The number of anilines is 1. The van der Waals surface area contributed by atoms with Crippen LogP contribution >= 0.6 is 11.6 Å². The molecule has 1 amide bonds. The summed E-state index contributed by atoms with van der Waals surface area (Å²) in [5.74, 6) is 1.22. The zero-order valence-electron chi connectivity index (χ0n) is 15.1. The molecule has 1 aliphatic heterocycles. The van der Waals surface area contributed by atoms with Crippen LogP contribution in [-0.4, -0.2) is 60.5 Å². The molecule has 0 saturated carbocycles. The number of hydrogen-bond acceptors (Lipinski definition) is 4. The number of pyridine rings is 1. The van der Waals surface area contributed by atoms with Crippen molar-refractivity contribution in [1.29, 1.82) is 0 Å². The Morgan fingerprint density at radius 2 is 1.85 bits per heavy atom. The van der Waals surface area contributed by atoms with Gasteiger partial charge in [-0.15, -0.1) is 0 Å². The Morgan fingerprint density at radius 3 is 2.50 bits per heavy atom. The van der Waals surface area contributed by atoms with Gasteiger partial charge in [0.25, 0.3) is 0 Å². The second-order valence-corrected chi connectivity index (χ2v) is 7.11. The first-order chi connectivity index (χ1) is 12.6. The molecule has 2 heterocycles. The zero-order chi connectivity index (χ0) is 18.4. The van der Waals surface area contributed by atoms with E-state index in [1.165, 1.54) is 5.56 Å². The lowest BCUT2D eigenvalue weighted by Crippen LogP contribution is -2.49. The number of piperazine rings is 1. The third-order valence-corrected chi connectivity index (χ3v) is 4.93. The fourth-order valence-electron chi connectivity index (χ4n) is 3.15. The van der Waals surface area contributed by atoms with Gasteiger partial charge in [0, 0.05) is 56.9 Å². The van der Waals surface area contributed by atoms with Gasteiger partial charge < -0.3 is 14.7 Å². The molecule has 0 aliphatic carbocycles. The highest BCUT2D eigenvalue weighted by molar-refractivity contribution is 6.30. The summed E-state index contributed by atoms with van der Waals surface area (Å²) in [4.78, 5) is 23.2. The molecule has 5 nitrogen and oxygen atoms in total. The van der Waals surface area contributed by atoms with Gasteiger partial charge in [-0.05, 0) is 36.9 Å². The molecule has 0 unspecified atom stereocenters. The third kappa shape index (κ3) is 5.19. The maximum atomic E-state index is 12.5. The van der Waals surface area contributed by atoms with Crippen LogP contribution in [-0.2, 0) is 11.3 Å². The van der Waals surface area contributed by atoms with Crippen LogP contribution in [0.15, 0.2) is 48.7 Å². The van der Waals surface area contributed by atoms with Gasteiger partial charge in [-0.25, -0.2) is 4.98 Å². The standard InChI is InChI=1S/C20H25ClN4O/c1-23(16-17-5-7-18(21)8-6-17)11-9-20(26)25-14-12-24(13-15-25)19-4-2-3-10-22-19/h2-8,10H,9,11-16H2,1H3. The lowest BCUT2D eigenvalue weighted by atomic mass is 10.2.